The first-order valence-electron chi connectivity index (χ1n) is 9.02. The maximum atomic E-state index is 11.6. The van der Waals surface area contributed by atoms with Crippen molar-refractivity contribution in [1.82, 2.24) is 4.98 Å². The zero-order valence-electron chi connectivity index (χ0n) is 14.4. The summed E-state index contributed by atoms with van der Waals surface area (Å²) in [7, 11) is 0. The molecule has 2 aromatic rings. The molecule has 1 aromatic carbocycles. The van der Waals surface area contributed by atoms with Crippen LogP contribution in [0.5, 0.6) is 5.75 Å². The summed E-state index contributed by atoms with van der Waals surface area (Å²) in [6, 6.07) is 5.31. The highest BCUT2D eigenvalue weighted by Crippen LogP contribution is 2.35. The van der Waals surface area contributed by atoms with Gasteiger partial charge < -0.3 is 14.9 Å². The summed E-state index contributed by atoms with van der Waals surface area (Å²) in [6.45, 7) is 1.33. The van der Waals surface area contributed by atoms with Gasteiger partial charge in [-0.3, -0.25) is 0 Å². The maximum Gasteiger partial charge on any atom is 0.346 e. The Bertz CT molecular complexity index is 741. The van der Waals surface area contributed by atoms with Gasteiger partial charge >= 0.3 is 5.63 Å². The van der Waals surface area contributed by atoms with E-state index in [1.165, 1.54) is 32.1 Å². The normalized spacial score (nSPS) is 22.0. The van der Waals surface area contributed by atoms with E-state index >= 15 is 0 Å². The molecule has 25 heavy (non-hydrogen) atoms. The standard InChI is InChI=1S/C19H26N2O3S/c20-8-7-15(14-3-1-13(11-25)2-4-14)10-23-16-5-6-17-18(9-16)21-12-24-19(17)22/h5-6,9,12-15,25H,1-4,7-8,10-11,20H2. The fourth-order valence-electron chi connectivity index (χ4n) is 3.79. The molecule has 1 unspecified atom stereocenters. The number of fused-ring (bicyclic) bond motifs is 1. The lowest BCUT2D eigenvalue weighted by atomic mass is 9.75. The van der Waals surface area contributed by atoms with Gasteiger partial charge in [0.25, 0.3) is 0 Å². The van der Waals surface area contributed by atoms with Gasteiger partial charge in [0.05, 0.1) is 17.5 Å². The summed E-state index contributed by atoms with van der Waals surface area (Å²) in [5.41, 5.74) is 6.05. The molecule has 1 aliphatic rings. The summed E-state index contributed by atoms with van der Waals surface area (Å²) in [5.74, 6) is 3.62. The second-order valence-electron chi connectivity index (χ2n) is 6.93. The minimum atomic E-state index is -0.376. The van der Waals surface area contributed by atoms with Crippen molar-refractivity contribution in [3.8, 4) is 5.75 Å². The zero-order valence-corrected chi connectivity index (χ0v) is 15.3. The molecule has 1 aromatic heterocycles. The fraction of sp³-hybridized carbons (Fsp3) is 0.579. The number of hydrogen-bond donors (Lipinski definition) is 2. The highest BCUT2D eigenvalue weighted by atomic mass is 32.1. The molecule has 3 rings (SSSR count). The average Bonchev–Trinajstić information content (AvgIpc) is 2.65. The summed E-state index contributed by atoms with van der Waals surface area (Å²) in [4.78, 5) is 15.7. The summed E-state index contributed by atoms with van der Waals surface area (Å²) in [5, 5.41) is 0.471. The lowest BCUT2D eigenvalue weighted by Crippen LogP contribution is -2.28. The van der Waals surface area contributed by atoms with Crippen LogP contribution in [0.1, 0.15) is 32.1 Å². The molecule has 6 heteroatoms. The van der Waals surface area contributed by atoms with E-state index in [0.29, 0.717) is 35.9 Å². The van der Waals surface area contributed by atoms with Crippen LogP contribution >= 0.6 is 12.6 Å². The van der Waals surface area contributed by atoms with Crippen LogP contribution in [0.15, 0.2) is 33.8 Å². The van der Waals surface area contributed by atoms with Crippen LogP contribution < -0.4 is 16.1 Å². The Kier molecular flexibility index (Phi) is 6.37. The van der Waals surface area contributed by atoms with Crippen molar-refractivity contribution in [2.24, 2.45) is 23.5 Å². The SMILES string of the molecule is NCCC(COc1ccc2c(=O)ocnc2c1)C1CCC(CS)CC1. The van der Waals surface area contributed by atoms with Gasteiger partial charge in [-0.2, -0.15) is 12.6 Å². The van der Waals surface area contributed by atoms with Gasteiger partial charge in [-0.15, -0.1) is 0 Å². The molecule has 1 heterocycles. The Labute approximate surface area is 153 Å². The molecular formula is C19H26N2O3S. The number of ether oxygens (including phenoxy) is 1. The van der Waals surface area contributed by atoms with Crippen LogP contribution in [-0.2, 0) is 0 Å². The molecule has 0 spiro atoms. The van der Waals surface area contributed by atoms with Crippen LogP contribution in [0.4, 0.5) is 0 Å². The van der Waals surface area contributed by atoms with Gasteiger partial charge in [0, 0.05) is 6.07 Å². The van der Waals surface area contributed by atoms with Crippen molar-refractivity contribution in [2.75, 3.05) is 18.9 Å². The van der Waals surface area contributed by atoms with Crippen molar-refractivity contribution < 1.29 is 9.15 Å². The minimum Gasteiger partial charge on any atom is -0.493 e. The van der Waals surface area contributed by atoms with Gasteiger partial charge in [-0.25, -0.2) is 9.78 Å². The summed E-state index contributed by atoms with van der Waals surface area (Å²) >= 11 is 4.43. The minimum absolute atomic E-state index is 0.376. The molecule has 0 bridgehead atoms. The van der Waals surface area contributed by atoms with E-state index in [2.05, 4.69) is 17.6 Å². The van der Waals surface area contributed by atoms with Gasteiger partial charge in [0.2, 0.25) is 0 Å². The van der Waals surface area contributed by atoms with E-state index in [9.17, 15) is 4.79 Å². The molecule has 1 atom stereocenters. The second-order valence-corrected chi connectivity index (χ2v) is 7.30. The highest BCUT2D eigenvalue weighted by Gasteiger charge is 2.27. The number of nitrogens with two attached hydrogens (primary N) is 1. The molecule has 0 radical (unpaired) electrons. The zero-order chi connectivity index (χ0) is 17.6. The largest absolute Gasteiger partial charge is 0.493 e. The first-order valence-corrected chi connectivity index (χ1v) is 9.65. The molecule has 5 nitrogen and oxygen atoms in total. The highest BCUT2D eigenvalue weighted by molar-refractivity contribution is 7.80. The lowest BCUT2D eigenvalue weighted by molar-refractivity contribution is 0.142. The Hall–Kier alpha value is -1.53. The molecule has 0 aliphatic heterocycles. The van der Waals surface area contributed by atoms with E-state index in [1.807, 2.05) is 0 Å². The Morgan fingerprint density at radius 2 is 2.12 bits per heavy atom. The molecule has 1 fully saturated rings. The van der Waals surface area contributed by atoms with Crippen LogP contribution in [-0.4, -0.2) is 23.9 Å². The van der Waals surface area contributed by atoms with Crippen LogP contribution in [0, 0.1) is 17.8 Å². The van der Waals surface area contributed by atoms with Crippen molar-refractivity contribution in [3.63, 3.8) is 0 Å². The lowest BCUT2D eigenvalue weighted by Gasteiger charge is -2.33. The van der Waals surface area contributed by atoms with Crippen molar-refractivity contribution in [2.45, 2.75) is 32.1 Å². The molecule has 0 saturated heterocycles. The predicted molar refractivity (Wildman–Crippen MR) is 102 cm³/mol. The maximum absolute atomic E-state index is 11.6. The topological polar surface area (TPSA) is 78.4 Å². The van der Waals surface area contributed by atoms with E-state index in [1.54, 1.807) is 18.2 Å². The number of aromatic nitrogens is 1. The van der Waals surface area contributed by atoms with Gasteiger partial charge in [0.15, 0.2) is 6.39 Å². The summed E-state index contributed by atoms with van der Waals surface area (Å²) < 4.78 is 10.8. The average molecular weight is 362 g/mol. The number of nitrogens with zero attached hydrogens (tertiary/aromatic N) is 1. The van der Waals surface area contributed by atoms with Crippen LogP contribution in [0.2, 0.25) is 0 Å². The Balaban J connectivity index is 1.64. The van der Waals surface area contributed by atoms with Crippen molar-refractivity contribution >= 4 is 23.5 Å². The number of rotatable bonds is 7. The first kappa shape index (κ1) is 18.3. The third-order valence-electron chi connectivity index (χ3n) is 5.36. The van der Waals surface area contributed by atoms with Gasteiger partial charge in [0.1, 0.15) is 5.75 Å². The molecule has 1 saturated carbocycles. The van der Waals surface area contributed by atoms with Crippen molar-refractivity contribution in [1.29, 1.82) is 0 Å². The first-order chi connectivity index (χ1) is 12.2. The number of benzene rings is 1. The van der Waals surface area contributed by atoms with E-state index in [-0.39, 0.29) is 5.63 Å². The third-order valence-corrected chi connectivity index (χ3v) is 5.87. The fourth-order valence-corrected chi connectivity index (χ4v) is 4.15. The van der Waals surface area contributed by atoms with E-state index in [0.717, 1.165) is 23.8 Å². The van der Waals surface area contributed by atoms with Gasteiger partial charge in [-0.1, -0.05) is 0 Å². The molecular weight excluding hydrogens is 336 g/mol. The number of hydrogen-bond acceptors (Lipinski definition) is 6. The van der Waals surface area contributed by atoms with E-state index < -0.39 is 0 Å². The monoisotopic (exact) mass is 362 g/mol. The van der Waals surface area contributed by atoms with Crippen LogP contribution in [0.25, 0.3) is 10.9 Å². The Morgan fingerprint density at radius 3 is 2.84 bits per heavy atom. The second kappa shape index (κ2) is 8.72. The molecule has 0 amide bonds. The van der Waals surface area contributed by atoms with Gasteiger partial charge in [-0.05, 0) is 74.3 Å². The third kappa shape index (κ3) is 4.55. The smallest absolute Gasteiger partial charge is 0.346 e. The predicted octanol–water partition coefficient (Wildman–Crippen LogP) is 3.27. The summed E-state index contributed by atoms with van der Waals surface area (Å²) in [6.07, 6.45) is 7.13. The molecule has 2 N–H and O–H groups in total. The molecule has 136 valence electrons. The number of thiol groups is 1. The molecule has 1 aliphatic carbocycles. The van der Waals surface area contributed by atoms with Crippen LogP contribution in [0.3, 0.4) is 0 Å². The van der Waals surface area contributed by atoms with E-state index in [4.69, 9.17) is 14.9 Å². The quantitative estimate of drug-likeness (QED) is 0.739. The van der Waals surface area contributed by atoms with Crippen molar-refractivity contribution in [3.05, 3.63) is 35.0 Å². The Morgan fingerprint density at radius 1 is 1.32 bits per heavy atom.